The molecule has 1 N–H and O–H groups in total. The number of aliphatic hydroxyl groups is 1. The summed E-state index contributed by atoms with van der Waals surface area (Å²) < 4.78 is 0. The van der Waals surface area contributed by atoms with Gasteiger partial charge in [-0.2, -0.15) is 11.8 Å². The third-order valence-electron chi connectivity index (χ3n) is 3.19. The molecule has 3 nitrogen and oxygen atoms in total. The Labute approximate surface area is 117 Å². The van der Waals surface area contributed by atoms with Crippen LogP contribution in [0.2, 0.25) is 0 Å². The van der Waals surface area contributed by atoms with Crippen LogP contribution in [0.25, 0.3) is 0 Å². The van der Waals surface area contributed by atoms with E-state index in [0.717, 1.165) is 23.5 Å². The van der Waals surface area contributed by atoms with Crippen LogP contribution in [-0.2, 0) is 0 Å². The van der Waals surface area contributed by atoms with Crippen LogP contribution in [0, 0.1) is 6.92 Å². The average Bonchev–Trinajstić information content (AvgIpc) is 2.38. The molecule has 100 valence electrons. The number of nitrogens with zero attached hydrogens (tertiary/aromatic N) is 2. The molecule has 0 amide bonds. The molecule has 0 radical (unpaired) electrons. The Morgan fingerprint density at radius 1 is 1.44 bits per heavy atom. The van der Waals surface area contributed by atoms with E-state index in [9.17, 15) is 5.11 Å². The van der Waals surface area contributed by atoms with E-state index in [1.54, 1.807) is 13.1 Å². The van der Waals surface area contributed by atoms with E-state index < -0.39 is 6.10 Å². The molecule has 0 bridgehead atoms. The van der Waals surface area contributed by atoms with Crippen molar-refractivity contribution >= 4 is 23.5 Å². The van der Waals surface area contributed by atoms with Gasteiger partial charge in [-0.25, -0.2) is 9.97 Å². The van der Waals surface area contributed by atoms with Gasteiger partial charge in [-0.1, -0.05) is 6.92 Å². The molecular formula is C13H20N2OS2. The highest BCUT2D eigenvalue weighted by Gasteiger charge is 2.29. The molecule has 1 aromatic heterocycles. The summed E-state index contributed by atoms with van der Waals surface area (Å²) in [6, 6.07) is 0. The van der Waals surface area contributed by atoms with Crippen LogP contribution in [0.3, 0.4) is 0 Å². The number of rotatable bonds is 3. The van der Waals surface area contributed by atoms with Crippen molar-refractivity contribution in [1.82, 2.24) is 9.97 Å². The lowest BCUT2D eigenvalue weighted by Gasteiger charge is -2.29. The fourth-order valence-electron chi connectivity index (χ4n) is 2.18. The second-order valence-corrected chi connectivity index (χ2v) is 7.15. The van der Waals surface area contributed by atoms with Crippen molar-refractivity contribution in [3.8, 4) is 0 Å². The highest BCUT2D eigenvalue weighted by molar-refractivity contribution is 8.06. The Morgan fingerprint density at radius 2 is 2.17 bits per heavy atom. The normalized spacial score (nSPS) is 26.0. The van der Waals surface area contributed by atoms with Crippen LogP contribution in [0.4, 0.5) is 0 Å². The first-order valence-corrected chi connectivity index (χ1v) is 8.48. The van der Waals surface area contributed by atoms with Crippen LogP contribution in [0.15, 0.2) is 6.20 Å². The van der Waals surface area contributed by atoms with Crippen molar-refractivity contribution in [2.75, 3.05) is 11.5 Å². The van der Waals surface area contributed by atoms with Crippen LogP contribution >= 0.6 is 23.5 Å². The van der Waals surface area contributed by atoms with Crippen molar-refractivity contribution in [3.05, 3.63) is 23.3 Å². The van der Waals surface area contributed by atoms with E-state index in [1.807, 2.05) is 30.4 Å². The van der Waals surface area contributed by atoms with E-state index in [2.05, 4.69) is 16.9 Å². The first-order valence-electron chi connectivity index (χ1n) is 6.38. The fraction of sp³-hybridized carbons (Fsp3) is 0.692. The molecule has 2 unspecified atom stereocenters. The minimum Gasteiger partial charge on any atom is -0.389 e. The van der Waals surface area contributed by atoms with Crippen LogP contribution in [0.1, 0.15) is 48.7 Å². The average molecular weight is 284 g/mol. The van der Waals surface area contributed by atoms with Gasteiger partial charge in [0.2, 0.25) is 0 Å². The molecule has 0 saturated carbocycles. The number of aliphatic hydroxyl groups excluding tert-OH is 1. The molecule has 1 aliphatic heterocycles. The first-order chi connectivity index (χ1) is 8.63. The Hall–Kier alpha value is -0.260. The molecule has 1 aromatic rings. The van der Waals surface area contributed by atoms with Gasteiger partial charge in [0, 0.05) is 34.2 Å². The standard InChI is InChI=1S/C13H20N2OS2/c1-4-11-12(18-6-5-17-11)13-14-7-10(9(3)16)8(2)15-13/h7,9,11-12,16H,4-6H2,1-3H3/t9-,11?,12?/m1/s1. The largest absolute Gasteiger partial charge is 0.389 e. The predicted octanol–water partition coefficient (Wildman–Crippen LogP) is 3.14. The molecule has 1 saturated heterocycles. The summed E-state index contributed by atoms with van der Waals surface area (Å²) in [7, 11) is 0. The van der Waals surface area contributed by atoms with Crippen molar-refractivity contribution in [2.24, 2.45) is 0 Å². The molecule has 1 fully saturated rings. The zero-order valence-electron chi connectivity index (χ0n) is 11.1. The fourth-order valence-corrected chi connectivity index (χ4v) is 5.18. The lowest BCUT2D eigenvalue weighted by atomic mass is 10.1. The molecular weight excluding hydrogens is 264 g/mol. The van der Waals surface area contributed by atoms with Gasteiger partial charge in [-0.3, -0.25) is 0 Å². The number of aryl methyl sites for hydroxylation is 1. The van der Waals surface area contributed by atoms with Gasteiger partial charge < -0.3 is 5.11 Å². The SMILES string of the molecule is CCC1SCCSC1c1ncc([C@@H](C)O)c(C)n1. The summed E-state index contributed by atoms with van der Waals surface area (Å²) >= 11 is 4.00. The molecule has 5 heteroatoms. The topological polar surface area (TPSA) is 46.0 Å². The minimum absolute atomic E-state index is 0.399. The van der Waals surface area contributed by atoms with Crippen LogP contribution in [0.5, 0.6) is 0 Å². The Balaban J connectivity index is 2.24. The smallest absolute Gasteiger partial charge is 0.142 e. The number of thioether (sulfide) groups is 2. The lowest BCUT2D eigenvalue weighted by molar-refractivity contribution is 0.197. The van der Waals surface area contributed by atoms with Gasteiger partial charge in [0.05, 0.1) is 11.4 Å². The third-order valence-corrected chi connectivity index (χ3v) is 6.44. The highest BCUT2D eigenvalue weighted by Crippen LogP contribution is 2.42. The number of hydrogen-bond donors (Lipinski definition) is 1. The maximum Gasteiger partial charge on any atom is 0.142 e. The Bertz CT molecular complexity index is 412. The predicted molar refractivity (Wildman–Crippen MR) is 79.1 cm³/mol. The molecule has 0 aliphatic carbocycles. The van der Waals surface area contributed by atoms with E-state index in [0.29, 0.717) is 10.5 Å². The van der Waals surface area contributed by atoms with Crippen molar-refractivity contribution in [3.63, 3.8) is 0 Å². The van der Waals surface area contributed by atoms with E-state index in [-0.39, 0.29) is 0 Å². The quantitative estimate of drug-likeness (QED) is 0.924. The monoisotopic (exact) mass is 284 g/mol. The molecule has 18 heavy (non-hydrogen) atoms. The molecule has 1 aliphatic rings. The summed E-state index contributed by atoms with van der Waals surface area (Å²) in [4.78, 5) is 9.09. The second-order valence-electron chi connectivity index (χ2n) is 4.55. The zero-order valence-corrected chi connectivity index (χ0v) is 12.7. The van der Waals surface area contributed by atoms with Crippen molar-refractivity contribution in [1.29, 1.82) is 0 Å². The summed E-state index contributed by atoms with van der Waals surface area (Å²) in [5.41, 5.74) is 1.74. The maximum absolute atomic E-state index is 9.61. The molecule has 2 heterocycles. The second kappa shape index (κ2) is 6.26. The lowest BCUT2D eigenvalue weighted by Crippen LogP contribution is -2.21. The Kier molecular flexibility index (Phi) is 4.92. The van der Waals surface area contributed by atoms with Crippen LogP contribution < -0.4 is 0 Å². The minimum atomic E-state index is -0.491. The van der Waals surface area contributed by atoms with Gasteiger partial charge in [-0.05, 0) is 20.3 Å². The zero-order chi connectivity index (χ0) is 13.1. The Morgan fingerprint density at radius 3 is 2.78 bits per heavy atom. The summed E-state index contributed by atoms with van der Waals surface area (Å²) in [5.74, 6) is 3.33. The summed E-state index contributed by atoms with van der Waals surface area (Å²) in [5, 5.41) is 10.6. The van der Waals surface area contributed by atoms with Gasteiger partial charge >= 0.3 is 0 Å². The number of hydrogen-bond acceptors (Lipinski definition) is 5. The molecule has 0 aromatic carbocycles. The van der Waals surface area contributed by atoms with E-state index in [4.69, 9.17) is 0 Å². The van der Waals surface area contributed by atoms with Crippen molar-refractivity contribution in [2.45, 2.75) is 43.8 Å². The first kappa shape index (κ1) is 14.2. The number of aromatic nitrogens is 2. The maximum atomic E-state index is 9.61. The van der Waals surface area contributed by atoms with Gasteiger partial charge in [0.15, 0.2) is 0 Å². The van der Waals surface area contributed by atoms with Gasteiger partial charge in [-0.15, -0.1) is 11.8 Å². The summed E-state index contributed by atoms with van der Waals surface area (Å²) in [6.45, 7) is 5.94. The van der Waals surface area contributed by atoms with Crippen molar-refractivity contribution < 1.29 is 5.11 Å². The van der Waals surface area contributed by atoms with Gasteiger partial charge in [0.25, 0.3) is 0 Å². The van der Waals surface area contributed by atoms with Crippen LogP contribution in [-0.4, -0.2) is 31.8 Å². The molecule has 0 spiro atoms. The molecule has 3 atom stereocenters. The highest BCUT2D eigenvalue weighted by atomic mass is 32.2. The third kappa shape index (κ3) is 3.00. The van der Waals surface area contributed by atoms with Gasteiger partial charge in [0.1, 0.15) is 5.82 Å². The van der Waals surface area contributed by atoms with E-state index in [1.165, 1.54) is 11.5 Å². The summed E-state index contributed by atoms with van der Waals surface area (Å²) in [6.07, 6.45) is 2.45. The molecule has 2 rings (SSSR count). The van der Waals surface area contributed by atoms with E-state index >= 15 is 0 Å².